The minimum absolute atomic E-state index is 0.0655. The third-order valence-corrected chi connectivity index (χ3v) is 3.73. The quantitative estimate of drug-likeness (QED) is 0.709. The highest BCUT2D eigenvalue weighted by atomic mass is 16.3. The molecule has 0 saturated heterocycles. The molecule has 4 nitrogen and oxygen atoms in total. The van der Waals surface area contributed by atoms with Crippen molar-refractivity contribution in [3.05, 3.63) is 59.8 Å². The smallest absolute Gasteiger partial charge is 0.193 e. The maximum atomic E-state index is 12.4. The van der Waals surface area contributed by atoms with Gasteiger partial charge in [0, 0.05) is 22.5 Å². The molecule has 4 heteroatoms. The number of rotatable bonds is 1. The number of H-pyrrole nitrogens is 1. The van der Waals surface area contributed by atoms with Crippen LogP contribution >= 0.6 is 0 Å². The lowest BCUT2D eigenvalue weighted by Gasteiger charge is -2.14. The van der Waals surface area contributed by atoms with Gasteiger partial charge in [0.15, 0.2) is 5.78 Å². The van der Waals surface area contributed by atoms with Crippen molar-refractivity contribution in [2.24, 2.45) is 0 Å². The first-order valence-corrected chi connectivity index (χ1v) is 6.43. The average Bonchev–Trinajstić information content (AvgIpc) is 2.98. The van der Waals surface area contributed by atoms with Crippen LogP contribution in [0.15, 0.2) is 48.5 Å². The van der Waals surface area contributed by atoms with Gasteiger partial charge in [-0.1, -0.05) is 36.1 Å². The van der Waals surface area contributed by atoms with E-state index in [-0.39, 0.29) is 11.5 Å². The van der Waals surface area contributed by atoms with Crippen LogP contribution in [0.5, 0.6) is 5.75 Å². The van der Waals surface area contributed by atoms with Crippen LogP contribution in [0.4, 0.5) is 5.69 Å². The van der Waals surface area contributed by atoms with Crippen LogP contribution in [0.25, 0.3) is 10.9 Å². The van der Waals surface area contributed by atoms with E-state index >= 15 is 0 Å². The largest absolute Gasteiger partial charge is 0.871 e. The summed E-state index contributed by atoms with van der Waals surface area (Å²) in [5, 5.41) is 16.1. The summed E-state index contributed by atoms with van der Waals surface area (Å²) >= 11 is 0. The molecule has 1 aliphatic rings. The second kappa shape index (κ2) is 3.87. The summed E-state index contributed by atoms with van der Waals surface area (Å²) in [4.78, 5) is 15.5. The molecule has 0 radical (unpaired) electrons. The summed E-state index contributed by atoms with van der Waals surface area (Å²) in [6.07, 6.45) is 0. The average molecular weight is 263 g/mol. The molecule has 98 valence electrons. The van der Waals surface area contributed by atoms with Crippen molar-refractivity contribution in [1.29, 1.82) is 0 Å². The van der Waals surface area contributed by atoms with E-state index in [1.54, 1.807) is 12.1 Å². The minimum atomic E-state index is -0.618. The van der Waals surface area contributed by atoms with E-state index in [2.05, 4.69) is 10.3 Å². The van der Waals surface area contributed by atoms with Gasteiger partial charge in [-0.3, -0.25) is 4.79 Å². The molecule has 2 N–H and O–H groups in total. The zero-order valence-corrected chi connectivity index (χ0v) is 10.5. The molecule has 2 heterocycles. The van der Waals surface area contributed by atoms with Crippen LogP contribution in [0, 0.1) is 0 Å². The van der Waals surface area contributed by atoms with E-state index in [0.717, 1.165) is 11.2 Å². The second-order valence-electron chi connectivity index (χ2n) is 4.90. The van der Waals surface area contributed by atoms with E-state index < -0.39 is 6.04 Å². The normalized spacial score (nSPS) is 17.2. The summed E-state index contributed by atoms with van der Waals surface area (Å²) in [5.74, 6) is -0.177. The molecule has 0 amide bonds. The Morgan fingerprint density at radius 1 is 1.00 bits per heavy atom. The van der Waals surface area contributed by atoms with Gasteiger partial charge in [-0.05, 0) is 23.6 Å². The van der Waals surface area contributed by atoms with E-state index in [1.165, 1.54) is 0 Å². The van der Waals surface area contributed by atoms with Crippen molar-refractivity contribution < 1.29 is 9.90 Å². The van der Waals surface area contributed by atoms with Crippen LogP contribution in [0.1, 0.15) is 22.1 Å². The number of para-hydroxylation sites is 2. The van der Waals surface area contributed by atoms with E-state index in [4.69, 9.17) is 0 Å². The van der Waals surface area contributed by atoms with Gasteiger partial charge in [-0.15, -0.1) is 0 Å². The number of carbonyl (C=O) groups excluding carboxylic acids is 1. The molecule has 2 aromatic carbocycles. The number of anilines is 1. The number of hydrogen-bond donors (Lipinski definition) is 2. The lowest BCUT2D eigenvalue weighted by molar-refractivity contribution is -0.267. The summed E-state index contributed by atoms with van der Waals surface area (Å²) in [7, 11) is 0. The van der Waals surface area contributed by atoms with E-state index in [0.29, 0.717) is 16.6 Å². The Hall–Kier alpha value is -2.75. The number of carbonyl (C=O) groups is 1. The number of Topliss-reactive ketones (excluding diaryl/α,β-unsaturated/α-hetero) is 1. The molecule has 3 aromatic rings. The van der Waals surface area contributed by atoms with Crippen molar-refractivity contribution in [3.8, 4) is 5.75 Å². The Balaban J connectivity index is 1.86. The fraction of sp³-hybridized carbons (Fsp3) is 0.0625. The van der Waals surface area contributed by atoms with Crippen LogP contribution < -0.4 is 10.4 Å². The molecule has 1 aliphatic heterocycles. The Kier molecular flexibility index (Phi) is 2.15. The Morgan fingerprint density at radius 2 is 1.75 bits per heavy atom. The van der Waals surface area contributed by atoms with Crippen molar-refractivity contribution in [2.45, 2.75) is 6.04 Å². The Morgan fingerprint density at radius 3 is 2.55 bits per heavy atom. The lowest BCUT2D eigenvalue weighted by atomic mass is 10.1. The predicted molar refractivity (Wildman–Crippen MR) is 74.9 cm³/mol. The number of fused-ring (bicyclic) bond motifs is 2. The molecule has 1 aromatic heterocycles. The number of hydrogen-bond acceptors (Lipinski definition) is 3. The van der Waals surface area contributed by atoms with Crippen LogP contribution in [0.3, 0.4) is 0 Å². The second-order valence-corrected chi connectivity index (χ2v) is 4.90. The predicted octanol–water partition coefficient (Wildman–Crippen LogP) is 2.59. The SMILES string of the molecule is O=C1c2ccccc2NC1c1[nH]c2ccccc2c1[O-]. The fourth-order valence-electron chi connectivity index (χ4n) is 2.74. The van der Waals surface area contributed by atoms with Gasteiger partial charge in [-0.2, -0.15) is 0 Å². The first kappa shape index (κ1) is 11.1. The van der Waals surface area contributed by atoms with Crippen LogP contribution in [-0.4, -0.2) is 10.8 Å². The third kappa shape index (κ3) is 1.39. The molecule has 1 atom stereocenters. The molecular formula is C16H11N2O2-. The minimum Gasteiger partial charge on any atom is -0.871 e. The fourth-order valence-corrected chi connectivity index (χ4v) is 2.74. The summed E-state index contributed by atoms with van der Waals surface area (Å²) in [6, 6.07) is 14.0. The number of benzene rings is 2. The highest BCUT2D eigenvalue weighted by Crippen LogP contribution is 2.38. The molecule has 1 unspecified atom stereocenters. The summed E-state index contributed by atoms with van der Waals surface area (Å²) in [5.41, 5.74) is 2.58. The summed E-state index contributed by atoms with van der Waals surface area (Å²) < 4.78 is 0. The zero-order chi connectivity index (χ0) is 13.7. The highest BCUT2D eigenvalue weighted by molar-refractivity contribution is 6.11. The van der Waals surface area contributed by atoms with E-state index in [9.17, 15) is 9.90 Å². The van der Waals surface area contributed by atoms with Gasteiger partial charge in [-0.25, -0.2) is 0 Å². The standard InChI is InChI=1S/C16H12N2O2/c19-15-9-5-1-3-7-11(9)17-13(15)14-16(20)10-6-2-4-8-12(10)18-14/h1-8,13,17-18,20H/p-1. The number of ketones is 1. The molecule has 4 rings (SSSR count). The first-order chi connectivity index (χ1) is 9.75. The van der Waals surface area contributed by atoms with Gasteiger partial charge in [0.05, 0.1) is 0 Å². The lowest BCUT2D eigenvalue weighted by Crippen LogP contribution is -2.14. The molecule has 0 spiro atoms. The monoisotopic (exact) mass is 263 g/mol. The molecular weight excluding hydrogens is 252 g/mol. The first-order valence-electron chi connectivity index (χ1n) is 6.43. The number of aromatic nitrogens is 1. The molecule has 0 aliphatic carbocycles. The molecule has 20 heavy (non-hydrogen) atoms. The number of nitrogens with one attached hydrogen (secondary N) is 2. The van der Waals surface area contributed by atoms with Crippen molar-refractivity contribution >= 4 is 22.4 Å². The van der Waals surface area contributed by atoms with Gasteiger partial charge < -0.3 is 15.4 Å². The van der Waals surface area contributed by atoms with Crippen molar-refractivity contribution in [3.63, 3.8) is 0 Å². The molecule has 0 fully saturated rings. The van der Waals surface area contributed by atoms with Crippen molar-refractivity contribution in [1.82, 2.24) is 4.98 Å². The Labute approximate surface area is 115 Å². The highest BCUT2D eigenvalue weighted by Gasteiger charge is 2.32. The van der Waals surface area contributed by atoms with E-state index in [1.807, 2.05) is 36.4 Å². The van der Waals surface area contributed by atoms with Gasteiger partial charge in [0.2, 0.25) is 0 Å². The topological polar surface area (TPSA) is 68.0 Å². The molecule has 0 saturated carbocycles. The third-order valence-electron chi connectivity index (χ3n) is 3.73. The number of aromatic amines is 1. The summed E-state index contributed by atoms with van der Waals surface area (Å²) in [6.45, 7) is 0. The van der Waals surface area contributed by atoms with Crippen LogP contribution in [0.2, 0.25) is 0 Å². The van der Waals surface area contributed by atoms with Crippen molar-refractivity contribution in [2.75, 3.05) is 5.32 Å². The van der Waals surface area contributed by atoms with Gasteiger partial charge >= 0.3 is 0 Å². The zero-order valence-electron chi connectivity index (χ0n) is 10.5. The maximum Gasteiger partial charge on any atom is 0.193 e. The Bertz CT molecular complexity index is 835. The molecule has 0 bridgehead atoms. The van der Waals surface area contributed by atoms with Gasteiger partial charge in [0.25, 0.3) is 0 Å². The maximum absolute atomic E-state index is 12.4. The van der Waals surface area contributed by atoms with Crippen LogP contribution in [-0.2, 0) is 0 Å². The van der Waals surface area contributed by atoms with Gasteiger partial charge in [0.1, 0.15) is 6.04 Å².